The average Bonchev–Trinajstić information content (AvgIpc) is 2.65. The standard InChI is InChI=1S/C23H31N2S/c1-4-18-13-14-19(25(2,3)17-18)15-16-24-20-9-5-7-11-22(20)26-23-12-8-6-10-21(23)24/h5-12,18-19H,4,13-17H2,1-3H3/q+1. The van der Waals surface area contributed by atoms with Gasteiger partial charge in [-0.3, -0.25) is 0 Å². The summed E-state index contributed by atoms with van der Waals surface area (Å²) in [5.41, 5.74) is 2.76. The normalized spacial score (nSPS) is 24.0. The van der Waals surface area contributed by atoms with E-state index < -0.39 is 0 Å². The fraction of sp³-hybridized carbons (Fsp3) is 0.478. The maximum Gasteiger partial charge on any atom is 0.0903 e. The first-order chi connectivity index (χ1) is 12.6. The molecule has 2 aliphatic heterocycles. The third-order valence-corrected chi connectivity index (χ3v) is 7.55. The summed E-state index contributed by atoms with van der Waals surface area (Å²) < 4.78 is 1.18. The Balaban J connectivity index is 1.55. The lowest BCUT2D eigenvalue weighted by molar-refractivity contribution is -0.923. The van der Waals surface area contributed by atoms with Gasteiger partial charge < -0.3 is 9.38 Å². The molecule has 1 fully saturated rings. The van der Waals surface area contributed by atoms with Crippen molar-refractivity contribution in [2.75, 3.05) is 32.1 Å². The van der Waals surface area contributed by atoms with Crippen LogP contribution in [0.25, 0.3) is 0 Å². The van der Waals surface area contributed by atoms with Gasteiger partial charge in [0.05, 0.1) is 38.1 Å². The Kier molecular flexibility index (Phi) is 5.02. The second kappa shape index (κ2) is 7.28. The van der Waals surface area contributed by atoms with E-state index in [4.69, 9.17) is 0 Å². The summed E-state index contributed by atoms with van der Waals surface area (Å²) >= 11 is 1.91. The molecule has 2 heterocycles. The molecule has 3 heteroatoms. The van der Waals surface area contributed by atoms with Crippen LogP contribution in [0.2, 0.25) is 0 Å². The first-order valence-corrected chi connectivity index (χ1v) is 10.9. The van der Waals surface area contributed by atoms with Crippen LogP contribution in [0.15, 0.2) is 58.3 Å². The lowest BCUT2D eigenvalue weighted by Crippen LogP contribution is -2.55. The molecule has 0 saturated carbocycles. The van der Waals surface area contributed by atoms with Gasteiger partial charge in [-0.25, -0.2) is 0 Å². The minimum Gasteiger partial charge on any atom is -0.339 e. The number of nitrogens with zero attached hydrogens (tertiary/aromatic N) is 2. The Morgan fingerprint density at radius 1 is 0.962 bits per heavy atom. The minimum atomic E-state index is 0.770. The fourth-order valence-electron chi connectivity index (χ4n) is 4.81. The highest BCUT2D eigenvalue weighted by Crippen LogP contribution is 2.48. The van der Waals surface area contributed by atoms with Crippen molar-refractivity contribution in [1.29, 1.82) is 0 Å². The van der Waals surface area contributed by atoms with Crippen molar-refractivity contribution in [3.8, 4) is 0 Å². The van der Waals surface area contributed by atoms with Gasteiger partial charge >= 0.3 is 0 Å². The van der Waals surface area contributed by atoms with Gasteiger partial charge in [-0.1, -0.05) is 43.0 Å². The maximum absolute atomic E-state index is 2.56. The van der Waals surface area contributed by atoms with Crippen LogP contribution in [0.3, 0.4) is 0 Å². The van der Waals surface area contributed by atoms with Crippen LogP contribution in [-0.4, -0.2) is 37.7 Å². The first kappa shape index (κ1) is 17.9. The Morgan fingerprint density at radius 3 is 2.15 bits per heavy atom. The molecule has 0 aromatic heterocycles. The van der Waals surface area contributed by atoms with Crippen LogP contribution >= 0.6 is 11.8 Å². The van der Waals surface area contributed by atoms with Gasteiger partial charge in [0.2, 0.25) is 0 Å². The molecule has 2 aliphatic rings. The van der Waals surface area contributed by atoms with Crippen molar-refractivity contribution in [3.05, 3.63) is 48.5 Å². The van der Waals surface area contributed by atoms with Crippen LogP contribution in [-0.2, 0) is 0 Å². The van der Waals surface area contributed by atoms with Gasteiger partial charge in [0.15, 0.2) is 0 Å². The quantitative estimate of drug-likeness (QED) is 0.615. The van der Waals surface area contributed by atoms with Crippen molar-refractivity contribution in [2.24, 2.45) is 5.92 Å². The summed E-state index contributed by atoms with van der Waals surface area (Å²) in [7, 11) is 4.89. The van der Waals surface area contributed by atoms with Gasteiger partial charge in [-0.15, -0.1) is 0 Å². The van der Waals surface area contributed by atoms with Gasteiger partial charge in [0, 0.05) is 28.7 Å². The first-order valence-electron chi connectivity index (χ1n) is 10.0. The number of fused-ring (bicyclic) bond motifs is 2. The number of anilines is 2. The number of para-hydroxylation sites is 2. The Morgan fingerprint density at radius 2 is 1.58 bits per heavy atom. The third kappa shape index (κ3) is 3.39. The number of hydrogen-bond donors (Lipinski definition) is 0. The summed E-state index contributed by atoms with van der Waals surface area (Å²) in [6, 6.07) is 18.5. The van der Waals surface area contributed by atoms with Gasteiger partial charge in [0.1, 0.15) is 0 Å². The number of benzene rings is 2. The van der Waals surface area contributed by atoms with Crippen molar-refractivity contribution in [2.45, 2.75) is 48.4 Å². The molecule has 26 heavy (non-hydrogen) atoms. The molecule has 2 aromatic carbocycles. The number of quaternary nitrogens is 1. The molecule has 0 spiro atoms. The van der Waals surface area contributed by atoms with Crippen molar-refractivity contribution in [3.63, 3.8) is 0 Å². The highest BCUT2D eigenvalue weighted by Gasteiger charge is 2.36. The smallest absolute Gasteiger partial charge is 0.0903 e. The Bertz CT molecular complexity index is 725. The van der Waals surface area contributed by atoms with E-state index in [1.54, 1.807) is 0 Å². The van der Waals surface area contributed by atoms with E-state index >= 15 is 0 Å². The molecule has 0 amide bonds. The Labute approximate surface area is 162 Å². The van der Waals surface area contributed by atoms with E-state index in [9.17, 15) is 0 Å². The van der Waals surface area contributed by atoms with E-state index in [1.807, 2.05) is 11.8 Å². The zero-order valence-corrected chi connectivity index (χ0v) is 17.1. The monoisotopic (exact) mass is 367 g/mol. The zero-order valence-electron chi connectivity index (χ0n) is 16.3. The van der Waals surface area contributed by atoms with E-state index in [0.29, 0.717) is 0 Å². The van der Waals surface area contributed by atoms with Crippen LogP contribution in [0.1, 0.15) is 32.6 Å². The lowest BCUT2D eigenvalue weighted by Gasteiger charge is -2.45. The van der Waals surface area contributed by atoms with E-state index in [2.05, 4.69) is 74.4 Å². The summed E-state index contributed by atoms with van der Waals surface area (Å²) in [6.07, 6.45) is 5.37. The van der Waals surface area contributed by atoms with Gasteiger partial charge in [-0.05, 0) is 43.5 Å². The predicted octanol–water partition coefficient (Wildman–Crippen LogP) is 5.94. The topological polar surface area (TPSA) is 3.24 Å². The largest absolute Gasteiger partial charge is 0.339 e. The summed E-state index contributed by atoms with van der Waals surface area (Å²) in [4.78, 5) is 5.33. The van der Waals surface area contributed by atoms with E-state index in [-0.39, 0.29) is 0 Å². The molecular weight excluding hydrogens is 336 g/mol. The number of hydrogen-bond acceptors (Lipinski definition) is 2. The molecule has 4 rings (SSSR count). The SMILES string of the molecule is CCC1CCC(CCN2c3ccccc3Sc3ccccc32)[N+](C)(C)C1. The average molecular weight is 368 g/mol. The second-order valence-corrected chi connectivity index (χ2v) is 9.53. The molecule has 2 aromatic rings. The van der Waals surface area contributed by atoms with Gasteiger partial charge in [-0.2, -0.15) is 0 Å². The van der Waals surface area contributed by atoms with E-state index in [0.717, 1.165) is 18.5 Å². The zero-order chi connectivity index (χ0) is 18.1. The molecule has 0 bridgehead atoms. The van der Waals surface area contributed by atoms with Crippen molar-refractivity contribution in [1.82, 2.24) is 0 Å². The van der Waals surface area contributed by atoms with Crippen LogP contribution in [0.5, 0.6) is 0 Å². The lowest BCUT2D eigenvalue weighted by atomic mass is 9.88. The fourth-order valence-corrected chi connectivity index (χ4v) is 5.91. The number of likely N-dealkylation sites (tertiary alicyclic amines) is 1. The van der Waals surface area contributed by atoms with E-state index in [1.165, 1.54) is 57.9 Å². The van der Waals surface area contributed by atoms with Crippen LogP contribution in [0.4, 0.5) is 11.4 Å². The molecule has 0 N–H and O–H groups in total. The summed E-state index contributed by atoms with van der Waals surface area (Å²) in [5.74, 6) is 0.911. The summed E-state index contributed by atoms with van der Waals surface area (Å²) in [6.45, 7) is 4.80. The van der Waals surface area contributed by atoms with Gasteiger partial charge in [0.25, 0.3) is 0 Å². The molecule has 0 aliphatic carbocycles. The molecule has 1 saturated heterocycles. The second-order valence-electron chi connectivity index (χ2n) is 8.44. The predicted molar refractivity (Wildman–Crippen MR) is 112 cm³/mol. The van der Waals surface area contributed by atoms with Crippen LogP contribution < -0.4 is 4.90 Å². The maximum atomic E-state index is 2.56. The molecule has 2 atom stereocenters. The highest BCUT2D eigenvalue weighted by atomic mass is 32.2. The third-order valence-electron chi connectivity index (χ3n) is 6.42. The highest BCUT2D eigenvalue weighted by molar-refractivity contribution is 7.99. The molecular formula is C23H31N2S+. The number of piperidine rings is 1. The molecule has 138 valence electrons. The Hall–Kier alpha value is -1.45. The van der Waals surface area contributed by atoms with Crippen molar-refractivity contribution < 1.29 is 4.48 Å². The summed E-state index contributed by atoms with van der Waals surface area (Å²) in [5, 5.41) is 0. The minimum absolute atomic E-state index is 0.770. The van der Waals surface area contributed by atoms with Crippen LogP contribution in [0, 0.1) is 5.92 Å². The number of rotatable bonds is 4. The molecule has 2 nitrogen and oxygen atoms in total. The molecule has 2 unspecified atom stereocenters. The van der Waals surface area contributed by atoms with Crippen molar-refractivity contribution >= 4 is 23.1 Å². The molecule has 0 radical (unpaired) electrons.